The highest BCUT2D eigenvalue weighted by atomic mass is 35.5. The van der Waals surface area contributed by atoms with Crippen LogP contribution in [-0.2, 0) is 16.4 Å². The molecule has 0 saturated heterocycles. The number of imidazole rings is 1. The van der Waals surface area contributed by atoms with Crippen LogP contribution in [0.1, 0.15) is 33.7 Å². The van der Waals surface area contributed by atoms with Crippen molar-refractivity contribution in [1.29, 1.82) is 0 Å². The highest BCUT2D eigenvalue weighted by Crippen LogP contribution is 2.37. The van der Waals surface area contributed by atoms with E-state index in [1.807, 2.05) is 10.8 Å². The van der Waals surface area contributed by atoms with Gasteiger partial charge < -0.3 is 9.55 Å². The van der Waals surface area contributed by atoms with E-state index in [2.05, 4.69) is 25.5 Å². The van der Waals surface area contributed by atoms with E-state index >= 15 is 0 Å². The molecule has 0 fully saturated rings. The van der Waals surface area contributed by atoms with E-state index in [-0.39, 0.29) is 21.6 Å². The third kappa shape index (κ3) is 4.94. The Balaban J connectivity index is 1.33. The number of nitrogens with zero attached hydrogens (tertiary/aromatic N) is 6. The molecular formula is C24H18Cl2N8O4S2. The summed E-state index contributed by atoms with van der Waals surface area (Å²) in [5.41, 5.74) is 3.14. The van der Waals surface area contributed by atoms with Crippen LogP contribution >= 0.6 is 34.5 Å². The predicted octanol–water partition coefficient (Wildman–Crippen LogP) is 3.47. The standard InChI is InChI=1S/C24H18Cl2N8O4S2/c1-40(37,38)30-24(36)19-7-6-18(39-19)21-22(26)29-23(28-21)17-5-3-14-8-12(9-20(35)34(14)17)15-10-13(25)2-4-16(15)33-11-27-31-32-33/h2,4,6-11,17H,3,5H2,1H3,(H,28,29)(H,30,36)/t17-/m0/s1. The Morgan fingerprint density at radius 3 is 2.75 bits per heavy atom. The van der Waals surface area contributed by atoms with Gasteiger partial charge in [0.15, 0.2) is 5.15 Å². The molecule has 1 atom stereocenters. The van der Waals surface area contributed by atoms with Gasteiger partial charge in [-0.15, -0.1) is 16.4 Å². The Bertz CT molecular complexity index is 1950. The summed E-state index contributed by atoms with van der Waals surface area (Å²) in [6.07, 6.45) is 3.61. The highest BCUT2D eigenvalue weighted by Gasteiger charge is 2.29. The monoisotopic (exact) mass is 616 g/mol. The maximum Gasteiger partial charge on any atom is 0.274 e. The molecule has 0 saturated carbocycles. The van der Waals surface area contributed by atoms with Crippen molar-refractivity contribution in [2.75, 3.05) is 6.26 Å². The van der Waals surface area contributed by atoms with Gasteiger partial charge in [-0.1, -0.05) is 23.2 Å². The molecule has 1 aromatic carbocycles. The van der Waals surface area contributed by atoms with Crippen molar-refractivity contribution in [2.24, 2.45) is 0 Å². The molecule has 40 heavy (non-hydrogen) atoms. The van der Waals surface area contributed by atoms with Crippen LogP contribution in [0.5, 0.6) is 0 Å². The number of thiophene rings is 1. The fourth-order valence-corrected chi connectivity index (χ4v) is 6.61. The maximum absolute atomic E-state index is 13.4. The number of H-pyrrole nitrogens is 1. The Kier molecular flexibility index (Phi) is 6.57. The first-order valence-electron chi connectivity index (χ1n) is 11.7. The van der Waals surface area contributed by atoms with Crippen molar-refractivity contribution >= 4 is 50.5 Å². The van der Waals surface area contributed by atoms with Crippen molar-refractivity contribution in [2.45, 2.75) is 18.9 Å². The molecule has 6 rings (SSSR count). The number of fused-ring (bicyclic) bond motifs is 1. The number of aromatic amines is 1. The number of hydrogen-bond acceptors (Lipinski definition) is 9. The predicted molar refractivity (Wildman–Crippen MR) is 150 cm³/mol. The van der Waals surface area contributed by atoms with Crippen LogP contribution in [0.2, 0.25) is 10.2 Å². The van der Waals surface area contributed by atoms with Crippen molar-refractivity contribution in [3.8, 4) is 27.4 Å². The molecule has 204 valence electrons. The van der Waals surface area contributed by atoms with E-state index in [0.717, 1.165) is 23.3 Å². The summed E-state index contributed by atoms with van der Waals surface area (Å²) in [4.78, 5) is 34.1. The number of hydrogen-bond donors (Lipinski definition) is 2. The van der Waals surface area contributed by atoms with E-state index < -0.39 is 15.9 Å². The third-order valence-electron chi connectivity index (χ3n) is 6.35. The largest absolute Gasteiger partial charge is 0.338 e. The number of halogens is 2. The second-order valence-corrected chi connectivity index (χ2v) is 12.7. The van der Waals surface area contributed by atoms with Gasteiger partial charge >= 0.3 is 0 Å². The lowest BCUT2D eigenvalue weighted by Crippen LogP contribution is -2.28. The molecule has 1 amide bonds. The van der Waals surface area contributed by atoms with Crippen molar-refractivity contribution in [3.63, 3.8) is 0 Å². The number of pyridine rings is 1. The molecule has 2 N–H and O–H groups in total. The van der Waals surface area contributed by atoms with Crippen LogP contribution in [0.25, 0.3) is 27.4 Å². The van der Waals surface area contributed by atoms with Gasteiger partial charge in [0.05, 0.1) is 33.4 Å². The molecule has 5 heterocycles. The minimum Gasteiger partial charge on any atom is -0.338 e. The van der Waals surface area contributed by atoms with Gasteiger partial charge in [0.25, 0.3) is 11.5 Å². The van der Waals surface area contributed by atoms with Gasteiger partial charge in [-0.05, 0) is 65.2 Å². The van der Waals surface area contributed by atoms with Crippen LogP contribution in [0.15, 0.2) is 53.6 Å². The molecule has 0 radical (unpaired) electrons. The summed E-state index contributed by atoms with van der Waals surface area (Å²) in [5.74, 6) is -0.231. The molecule has 0 spiro atoms. The Morgan fingerprint density at radius 1 is 1.18 bits per heavy atom. The highest BCUT2D eigenvalue weighted by molar-refractivity contribution is 7.89. The SMILES string of the molecule is CS(=O)(=O)NC(=O)c1ccc(-c2[nH]c([C@@H]3CCc4cc(-c5cc(Cl)ccc5-n5cnnn5)cc(=O)n43)nc2Cl)s1. The first-order valence-corrected chi connectivity index (χ1v) is 15.2. The van der Waals surface area contributed by atoms with Gasteiger partial charge in [-0.2, -0.15) is 4.68 Å². The lowest BCUT2D eigenvalue weighted by Gasteiger charge is -2.15. The Labute approximate surface area is 240 Å². The second kappa shape index (κ2) is 9.96. The van der Waals surface area contributed by atoms with Gasteiger partial charge in [-0.25, -0.2) is 18.1 Å². The molecule has 0 bridgehead atoms. The first-order chi connectivity index (χ1) is 19.1. The average Bonchev–Trinajstić information content (AvgIpc) is 3.68. The fraction of sp³-hybridized carbons (Fsp3) is 0.167. The van der Waals surface area contributed by atoms with Gasteiger partial charge in [-0.3, -0.25) is 9.59 Å². The van der Waals surface area contributed by atoms with Crippen LogP contribution in [0.4, 0.5) is 0 Å². The summed E-state index contributed by atoms with van der Waals surface area (Å²) < 4.78 is 27.9. The smallest absolute Gasteiger partial charge is 0.274 e. The van der Waals surface area contributed by atoms with E-state index in [4.69, 9.17) is 23.2 Å². The van der Waals surface area contributed by atoms with Crippen LogP contribution in [0.3, 0.4) is 0 Å². The number of aromatic nitrogens is 7. The molecule has 16 heteroatoms. The molecule has 4 aromatic heterocycles. The molecule has 12 nitrogen and oxygen atoms in total. The lowest BCUT2D eigenvalue weighted by molar-refractivity contribution is 0.0985. The number of amides is 1. The summed E-state index contributed by atoms with van der Waals surface area (Å²) in [5, 5.41) is 12.0. The number of carbonyl (C=O) groups is 1. The number of aryl methyl sites for hydroxylation is 1. The summed E-state index contributed by atoms with van der Waals surface area (Å²) in [6, 6.07) is 11.5. The average molecular weight is 618 g/mol. The molecule has 5 aromatic rings. The van der Waals surface area contributed by atoms with Crippen LogP contribution in [0, 0.1) is 0 Å². The topological polar surface area (TPSA) is 158 Å². The zero-order valence-electron chi connectivity index (χ0n) is 20.5. The number of nitrogens with one attached hydrogen (secondary N) is 2. The minimum absolute atomic E-state index is 0.176. The number of benzene rings is 1. The minimum atomic E-state index is -3.70. The number of rotatable bonds is 6. The molecule has 1 aliphatic rings. The van der Waals surface area contributed by atoms with Gasteiger partial charge in [0, 0.05) is 22.3 Å². The van der Waals surface area contributed by atoms with Crippen molar-refractivity contribution < 1.29 is 13.2 Å². The number of sulfonamides is 1. The number of tetrazole rings is 1. The first kappa shape index (κ1) is 26.4. The summed E-state index contributed by atoms with van der Waals surface area (Å²) in [6.45, 7) is 0. The lowest BCUT2D eigenvalue weighted by atomic mass is 10.0. The zero-order chi connectivity index (χ0) is 28.2. The number of carbonyl (C=O) groups excluding carboxylic acids is 1. The van der Waals surface area contributed by atoms with Crippen molar-refractivity contribution in [1.82, 2.24) is 39.5 Å². The third-order valence-corrected chi connectivity index (χ3v) is 8.51. The Hall–Kier alpha value is -3.85. The molecular weight excluding hydrogens is 599 g/mol. The van der Waals surface area contributed by atoms with Crippen LogP contribution in [-0.4, -0.2) is 55.3 Å². The van der Waals surface area contributed by atoms with E-state index in [1.54, 1.807) is 34.9 Å². The molecule has 0 unspecified atom stereocenters. The van der Waals surface area contributed by atoms with E-state index in [9.17, 15) is 18.0 Å². The zero-order valence-corrected chi connectivity index (χ0v) is 23.6. The second-order valence-electron chi connectivity index (χ2n) is 9.07. The normalized spacial score (nSPS) is 14.8. The quantitative estimate of drug-likeness (QED) is 0.293. The maximum atomic E-state index is 13.4. The van der Waals surface area contributed by atoms with E-state index in [1.165, 1.54) is 17.1 Å². The molecule has 0 aliphatic carbocycles. The van der Waals surface area contributed by atoms with Gasteiger partial charge in [0.2, 0.25) is 10.0 Å². The molecule has 1 aliphatic heterocycles. The van der Waals surface area contributed by atoms with Crippen molar-refractivity contribution in [3.05, 3.63) is 85.7 Å². The summed E-state index contributed by atoms with van der Waals surface area (Å²) in [7, 11) is -3.70. The van der Waals surface area contributed by atoms with Gasteiger partial charge in [0.1, 0.15) is 12.2 Å². The Morgan fingerprint density at radius 2 is 2.00 bits per heavy atom. The fourth-order valence-electron chi connectivity index (χ4n) is 4.72. The van der Waals surface area contributed by atoms with E-state index in [0.29, 0.717) is 51.1 Å². The summed E-state index contributed by atoms with van der Waals surface area (Å²) >= 11 is 13.8. The van der Waals surface area contributed by atoms with Crippen LogP contribution < -0.4 is 10.3 Å².